The van der Waals surface area contributed by atoms with E-state index in [1.165, 1.54) is 0 Å². The van der Waals surface area contributed by atoms with Gasteiger partial charge in [-0.15, -0.1) is 0 Å². The minimum absolute atomic E-state index is 0.0658. The molecule has 1 saturated heterocycles. The summed E-state index contributed by atoms with van der Waals surface area (Å²) in [5.74, 6) is -0.802. The molecule has 0 spiro atoms. The Bertz CT molecular complexity index is 471. The highest BCUT2D eigenvalue weighted by Crippen LogP contribution is 2.30. The maximum atomic E-state index is 12.2. The second kappa shape index (κ2) is 8.36. The number of urea groups is 1. The van der Waals surface area contributed by atoms with Gasteiger partial charge in [-0.25, -0.2) is 4.79 Å². The first kappa shape index (κ1) is 20.0. The van der Waals surface area contributed by atoms with Crippen LogP contribution in [0, 0.1) is 5.41 Å². The molecule has 7 nitrogen and oxygen atoms in total. The van der Waals surface area contributed by atoms with Crippen molar-refractivity contribution in [3.8, 4) is 0 Å². The van der Waals surface area contributed by atoms with Crippen molar-refractivity contribution in [3.05, 3.63) is 0 Å². The minimum Gasteiger partial charge on any atom is -0.480 e. The predicted molar refractivity (Wildman–Crippen MR) is 95.6 cm³/mol. The van der Waals surface area contributed by atoms with E-state index < -0.39 is 5.97 Å². The summed E-state index contributed by atoms with van der Waals surface area (Å²) in [6, 6.07) is 0.406. The van der Waals surface area contributed by atoms with E-state index in [-0.39, 0.29) is 42.2 Å². The van der Waals surface area contributed by atoms with Crippen molar-refractivity contribution in [2.45, 2.75) is 77.6 Å². The Morgan fingerprint density at radius 1 is 1.16 bits per heavy atom. The first-order valence-electron chi connectivity index (χ1n) is 9.33. The Kier molecular flexibility index (Phi) is 6.68. The average molecular weight is 355 g/mol. The van der Waals surface area contributed by atoms with Crippen LogP contribution in [0.15, 0.2) is 0 Å². The summed E-state index contributed by atoms with van der Waals surface area (Å²) in [6.07, 6.45) is 3.47. The number of hydrogen-bond donors (Lipinski definition) is 3. The molecule has 2 unspecified atom stereocenters. The maximum Gasteiger partial charge on any atom is 0.317 e. The van der Waals surface area contributed by atoms with Crippen molar-refractivity contribution in [2.24, 2.45) is 5.41 Å². The number of carbonyl (C=O) groups is 2. The lowest BCUT2D eigenvalue weighted by atomic mass is 9.83. The molecule has 144 valence electrons. The number of carbonyl (C=O) groups excluding carboxylic acids is 1. The smallest absolute Gasteiger partial charge is 0.317 e. The lowest BCUT2D eigenvalue weighted by molar-refractivity contribution is -0.139. The summed E-state index contributed by atoms with van der Waals surface area (Å²) in [5.41, 5.74) is 0.0752. The molecule has 0 radical (unpaired) electrons. The molecule has 2 rings (SSSR count). The molecular weight excluding hydrogens is 322 g/mol. The molecule has 25 heavy (non-hydrogen) atoms. The van der Waals surface area contributed by atoms with Gasteiger partial charge in [0, 0.05) is 24.7 Å². The van der Waals surface area contributed by atoms with Gasteiger partial charge in [-0.2, -0.15) is 0 Å². The summed E-state index contributed by atoms with van der Waals surface area (Å²) in [6.45, 7) is 9.90. The standard InChI is InChI=1S/C18H33N3O4/c1-5-21(11-16(22)23)14-8-13(9-14)20-17(24)19-12-6-7-25-15(10-12)18(2,3)4/h12-15H,5-11H2,1-4H3,(H,22,23)(H2,19,20,24). The van der Waals surface area contributed by atoms with E-state index in [1.807, 2.05) is 11.8 Å². The number of likely N-dealkylation sites (N-methyl/N-ethyl adjacent to an activating group) is 1. The summed E-state index contributed by atoms with van der Waals surface area (Å²) in [7, 11) is 0. The van der Waals surface area contributed by atoms with Gasteiger partial charge in [-0.3, -0.25) is 9.69 Å². The number of rotatable bonds is 6. The van der Waals surface area contributed by atoms with Gasteiger partial charge in [-0.05, 0) is 37.6 Å². The Morgan fingerprint density at radius 2 is 1.80 bits per heavy atom. The van der Waals surface area contributed by atoms with Crippen molar-refractivity contribution in [3.63, 3.8) is 0 Å². The summed E-state index contributed by atoms with van der Waals surface area (Å²) < 4.78 is 5.83. The van der Waals surface area contributed by atoms with Gasteiger partial charge in [0.1, 0.15) is 0 Å². The van der Waals surface area contributed by atoms with E-state index in [2.05, 4.69) is 31.4 Å². The van der Waals surface area contributed by atoms with Gasteiger partial charge in [-0.1, -0.05) is 27.7 Å². The van der Waals surface area contributed by atoms with Crippen LogP contribution < -0.4 is 10.6 Å². The number of nitrogens with one attached hydrogen (secondary N) is 2. The third-order valence-corrected chi connectivity index (χ3v) is 5.29. The maximum absolute atomic E-state index is 12.2. The van der Waals surface area contributed by atoms with Crippen LogP contribution in [0.2, 0.25) is 0 Å². The number of aliphatic carboxylic acids is 1. The monoisotopic (exact) mass is 355 g/mol. The van der Waals surface area contributed by atoms with Gasteiger partial charge in [0.2, 0.25) is 0 Å². The number of hydrogen-bond acceptors (Lipinski definition) is 4. The number of ether oxygens (including phenoxy) is 1. The van der Waals surface area contributed by atoms with Crippen LogP contribution in [0.1, 0.15) is 53.4 Å². The molecule has 3 N–H and O–H groups in total. The van der Waals surface area contributed by atoms with Gasteiger partial charge in [0.05, 0.1) is 12.6 Å². The first-order valence-corrected chi connectivity index (χ1v) is 9.33. The molecule has 2 atom stereocenters. The SMILES string of the molecule is CCN(CC(=O)O)C1CC(NC(=O)NC2CCOC(C(C)(C)C)C2)C1. The molecular formula is C18H33N3O4. The fraction of sp³-hybridized carbons (Fsp3) is 0.889. The second-order valence-corrected chi connectivity index (χ2v) is 8.34. The van der Waals surface area contributed by atoms with E-state index in [9.17, 15) is 9.59 Å². The fourth-order valence-electron chi connectivity index (χ4n) is 3.62. The number of carboxylic acid groups (broad SMARTS) is 1. The van der Waals surface area contributed by atoms with E-state index in [1.54, 1.807) is 0 Å². The molecule has 1 aliphatic heterocycles. The third-order valence-electron chi connectivity index (χ3n) is 5.29. The largest absolute Gasteiger partial charge is 0.480 e. The Morgan fingerprint density at radius 3 is 2.36 bits per heavy atom. The minimum atomic E-state index is -0.802. The highest BCUT2D eigenvalue weighted by Gasteiger charge is 2.36. The van der Waals surface area contributed by atoms with Crippen LogP contribution in [-0.2, 0) is 9.53 Å². The lowest BCUT2D eigenvalue weighted by Crippen LogP contribution is -2.57. The van der Waals surface area contributed by atoms with Crippen molar-refractivity contribution in [2.75, 3.05) is 19.7 Å². The van der Waals surface area contributed by atoms with Gasteiger partial charge in [0.15, 0.2) is 0 Å². The summed E-state index contributed by atoms with van der Waals surface area (Å²) in [4.78, 5) is 25.0. The lowest BCUT2D eigenvalue weighted by Gasteiger charge is -2.42. The molecule has 1 aliphatic carbocycles. The molecule has 1 heterocycles. The van der Waals surface area contributed by atoms with Crippen molar-refractivity contribution < 1.29 is 19.4 Å². The average Bonchev–Trinajstić information content (AvgIpc) is 2.47. The van der Waals surface area contributed by atoms with Crippen LogP contribution in [-0.4, -0.2) is 65.9 Å². The molecule has 7 heteroatoms. The predicted octanol–water partition coefficient (Wildman–Crippen LogP) is 1.82. The van der Waals surface area contributed by atoms with Crippen LogP contribution in [0.5, 0.6) is 0 Å². The van der Waals surface area contributed by atoms with Crippen molar-refractivity contribution >= 4 is 12.0 Å². The summed E-state index contributed by atoms with van der Waals surface area (Å²) >= 11 is 0. The molecule has 2 fully saturated rings. The number of nitrogens with zero attached hydrogens (tertiary/aromatic N) is 1. The van der Waals surface area contributed by atoms with Crippen molar-refractivity contribution in [1.82, 2.24) is 15.5 Å². The topological polar surface area (TPSA) is 90.9 Å². The van der Waals surface area contributed by atoms with Crippen molar-refractivity contribution in [1.29, 1.82) is 0 Å². The number of amides is 2. The molecule has 0 bridgehead atoms. The van der Waals surface area contributed by atoms with Crippen LogP contribution in [0.25, 0.3) is 0 Å². The molecule has 2 amide bonds. The quantitative estimate of drug-likeness (QED) is 0.676. The van der Waals surface area contributed by atoms with Gasteiger partial charge < -0.3 is 20.5 Å². The zero-order valence-electron chi connectivity index (χ0n) is 15.9. The van der Waals surface area contributed by atoms with E-state index in [0.29, 0.717) is 13.2 Å². The molecule has 2 aliphatic rings. The van der Waals surface area contributed by atoms with Crippen LogP contribution in [0.3, 0.4) is 0 Å². The Labute approximate surface area is 150 Å². The van der Waals surface area contributed by atoms with Gasteiger partial charge in [0.25, 0.3) is 0 Å². The first-order chi connectivity index (χ1) is 11.7. The van der Waals surface area contributed by atoms with Crippen LogP contribution in [0.4, 0.5) is 4.79 Å². The molecule has 1 saturated carbocycles. The zero-order valence-corrected chi connectivity index (χ0v) is 15.9. The zero-order chi connectivity index (χ0) is 18.6. The molecule has 0 aromatic heterocycles. The Balaban J connectivity index is 1.70. The highest BCUT2D eigenvalue weighted by atomic mass is 16.5. The molecule has 0 aromatic carbocycles. The van der Waals surface area contributed by atoms with Crippen LogP contribution >= 0.6 is 0 Å². The van der Waals surface area contributed by atoms with E-state index in [0.717, 1.165) is 25.7 Å². The third kappa shape index (κ3) is 5.85. The Hall–Kier alpha value is -1.34. The summed E-state index contributed by atoms with van der Waals surface area (Å²) in [5, 5.41) is 15.0. The second-order valence-electron chi connectivity index (χ2n) is 8.34. The fourth-order valence-corrected chi connectivity index (χ4v) is 3.62. The van der Waals surface area contributed by atoms with E-state index >= 15 is 0 Å². The van der Waals surface area contributed by atoms with Gasteiger partial charge >= 0.3 is 12.0 Å². The molecule has 0 aromatic rings. The normalized spacial score (nSPS) is 29.8. The van der Waals surface area contributed by atoms with E-state index in [4.69, 9.17) is 9.84 Å². The highest BCUT2D eigenvalue weighted by molar-refractivity contribution is 5.74. The number of carboxylic acids is 1.